The number of nitrogens with zero attached hydrogens (tertiary/aromatic N) is 1. The van der Waals surface area contributed by atoms with Gasteiger partial charge in [-0.2, -0.15) is 0 Å². The first-order valence-electron chi connectivity index (χ1n) is 14.3. The van der Waals surface area contributed by atoms with Gasteiger partial charge in [-0.25, -0.2) is 4.79 Å². The number of carbonyl (C=O) groups is 3. The monoisotopic (exact) mass is 604 g/mol. The Morgan fingerprint density at radius 2 is 1.48 bits per heavy atom. The molecule has 0 aliphatic heterocycles. The van der Waals surface area contributed by atoms with Crippen LogP contribution in [0.25, 0.3) is 0 Å². The number of carboxylic acid groups (broad SMARTS) is 1. The van der Waals surface area contributed by atoms with Crippen molar-refractivity contribution in [3.05, 3.63) is 148 Å². The third-order valence-corrected chi connectivity index (χ3v) is 7.93. The highest BCUT2D eigenvalue weighted by molar-refractivity contribution is 7.10. The van der Waals surface area contributed by atoms with Crippen molar-refractivity contribution in [2.75, 3.05) is 23.4 Å². The number of aliphatic carboxylic acids is 1. The number of hydrogen-bond acceptors (Lipinski definition) is 6. The largest absolute Gasteiger partial charge is 0.492 e. The molecular formula is C36H32N2O5S. The minimum absolute atomic E-state index is 0.00291. The Morgan fingerprint density at radius 1 is 0.795 bits per heavy atom. The molecule has 0 saturated carbocycles. The number of ether oxygens (including phenoxy) is 1. The maximum absolute atomic E-state index is 13.1. The summed E-state index contributed by atoms with van der Waals surface area (Å²) in [6.45, 7) is 0.665. The standard InChI is InChI=1S/C36H32N2O5S/c39-34(25-30-14-9-23-44-30)38(28-12-5-2-6-13-28)21-22-43-29-19-17-26(18-20-29)24-33(36(41)42)37-32-16-8-7-15-31(32)35(40)27-10-3-1-4-11-27/h1-20,23,33,37H,21-22,24-25H2,(H,41,42)/t33-/m0/s1. The Balaban J connectivity index is 1.20. The molecule has 1 atom stereocenters. The Hall–Kier alpha value is -5.21. The van der Waals surface area contributed by atoms with Gasteiger partial charge in [-0.15, -0.1) is 11.3 Å². The lowest BCUT2D eigenvalue weighted by Gasteiger charge is -2.23. The van der Waals surface area contributed by atoms with E-state index in [2.05, 4.69) is 5.32 Å². The molecule has 0 aliphatic rings. The van der Waals surface area contributed by atoms with E-state index in [9.17, 15) is 19.5 Å². The molecule has 2 N–H and O–H groups in total. The summed E-state index contributed by atoms with van der Waals surface area (Å²) in [6, 6.07) is 35.5. The zero-order chi connectivity index (χ0) is 30.7. The van der Waals surface area contributed by atoms with Crippen LogP contribution in [0.2, 0.25) is 0 Å². The molecule has 1 amide bonds. The highest BCUT2D eigenvalue weighted by Crippen LogP contribution is 2.22. The van der Waals surface area contributed by atoms with Gasteiger partial charge in [0.15, 0.2) is 5.78 Å². The lowest BCUT2D eigenvalue weighted by molar-refractivity contribution is -0.137. The fourth-order valence-electron chi connectivity index (χ4n) is 4.82. The minimum Gasteiger partial charge on any atom is -0.492 e. The molecule has 44 heavy (non-hydrogen) atoms. The van der Waals surface area contributed by atoms with Gasteiger partial charge in [0.25, 0.3) is 0 Å². The number of carbonyl (C=O) groups excluding carboxylic acids is 2. The number of carboxylic acids is 1. The van der Waals surface area contributed by atoms with Gasteiger partial charge in [0.2, 0.25) is 5.91 Å². The third kappa shape index (κ3) is 7.99. The van der Waals surface area contributed by atoms with E-state index >= 15 is 0 Å². The van der Waals surface area contributed by atoms with E-state index in [1.165, 1.54) is 0 Å². The van der Waals surface area contributed by atoms with Crippen LogP contribution in [0.5, 0.6) is 5.75 Å². The molecule has 0 bridgehead atoms. The molecule has 4 aromatic carbocycles. The molecule has 5 aromatic rings. The molecule has 1 heterocycles. The molecule has 222 valence electrons. The predicted octanol–water partition coefficient (Wildman–Crippen LogP) is 6.74. The number of thiophene rings is 1. The summed E-state index contributed by atoms with van der Waals surface area (Å²) in [5, 5.41) is 15.0. The average molecular weight is 605 g/mol. The SMILES string of the molecule is O=C(c1ccccc1)c1ccccc1N[C@@H](Cc1ccc(OCCN(C(=O)Cc2cccs2)c2ccccc2)cc1)C(=O)O. The third-order valence-electron chi connectivity index (χ3n) is 7.06. The maximum Gasteiger partial charge on any atom is 0.326 e. The summed E-state index contributed by atoms with van der Waals surface area (Å²) >= 11 is 1.56. The number of nitrogens with one attached hydrogen (secondary N) is 1. The van der Waals surface area contributed by atoms with E-state index < -0.39 is 12.0 Å². The van der Waals surface area contributed by atoms with Crippen molar-refractivity contribution < 1.29 is 24.2 Å². The lowest BCUT2D eigenvalue weighted by Crippen LogP contribution is -2.35. The number of amides is 1. The number of rotatable bonds is 14. The van der Waals surface area contributed by atoms with Crippen LogP contribution in [-0.2, 0) is 22.4 Å². The van der Waals surface area contributed by atoms with E-state index in [0.29, 0.717) is 35.5 Å². The van der Waals surface area contributed by atoms with Gasteiger partial charge < -0.3 is 20.1 Å². The van der Waals surface area contributed by atoms with E-state index in [-0.39, 0.29) is 24.7 Å². The van der Waals surface area contributed by atoms with Gasteiger partial charge in [0, 0.05) is 33.8 Å². The highest BCUT2D eigenvalue weighted by atomic mass is 32.1. The van der Waals surface area contributed by atoms with Crippen LogP contribution in [0.3, 0.4) is 0 Å². The second kappa shape index (κ2) is 14.8. The van der Waals surface area contributed by atoms with Crippen molar-refractivity contribution in [3.8, 4) is 5.75 Å². The van der Waals surface area contributed by atoms with Crippen molar-refractivity contribution >= 4 is 40.4 Å². The van der Waals surface area contributed by atoms with Crippen LogP contribution in [0, 0.1) is 0 Å². The number of benzene rings is 4. The van der Waals surface area contributed by atoms with Crippen LogP contribution in [0.15, 0.2) is 127 Å². The van der Waals surface area contributed by atoms with Crippen LogP contribution in [-0.4, -0.2) is 42.0 Å². The maximum atomic E-state index is 13.1. The van der Waals surface area contributed by atoms with Gasteiger partial charge in [-0.05, 0) is 53.4 Å². The van der Waals surface area contributed by atoms with E-state index in [1.54, 1.807) is 76.9 Å². The Kier molecular flexibility index (Phi) is 10.2. The van der Waals surface area contributed by atoms with Gasteiger partial charge in [0.1, 0.15) is 18.4 Å². The molecular weight excluding hydrogens is 572 g/mol. The van der Waals surface area contributed by atoms with Crippen LogP contribution in [0.4, 0.5) is 11.4 Å². The Morgan fingerprint density at radius 3 is 2.16 bits per heavy atom. The molecule has 0 unspecified atom stereocenters. The number of para-hydroxylation sites is 2. The molecule has 0 fully saturated rings. The van der Waals surface area contributed by atoms with Gasteiger partial charge >= 0.3 is 5.97 Å². The van der Waals surface area contributed by atoms with Crippen molar-refractivity contribution in [3.63, 3.8) is 0 Å². The lowest BCUT2D eigenvalue weighted by atomic mass is 10.00. The zero-order valence-electron chi connectivity index (χ0n) is 24.0. The molecule has 0 aliphatic carbocycles. The normalized spacial score (nSPS) is 11.4. The molecule has 0 radical (unpaired) electrons. The summed E-state index contributed by atoms with van der Waals surface area (Å²) in [5.41, 5.74) is 3.01. The second-order valence-electron chi connectivity index (χ2n) is 10.1. The fourth-order valence-corrected chi connectivity index (χ4v) is 5.51. The summed E-state index contributed by atoms with van der Waals surface area (Å²) in [7, 11) is 0. The Bertz CT molecular complexity index is 1670. The first kappa shape index (κ1) is 30.3. The summed E-state index contributed by atoms with van der Waals surface area (Å²) in [4.78, 5) is 41.2. The molecule has 7 nitrogen and oxygen atoms in total. The summed E-state index contributed by atoms with van der Waals surface area (Å²) < 4.78 is 5.97. The number of hydrogen-bond donors (Lipinski definition) is 2. The molecule has 1 aromatic heterocycles. The molecule has 5 rings (SSSR count). The second-order valence-corrected chi connectivity index (χ2v) is 11.1. The fraction of sp³-hybridized carbons (Fsp3) is 0.139. The van der Waals surface area contributed by atoms with Crippen molar-refractivity contribution in [2.24, 2.45) is 0 Å². The number of ketones is 1. The van der Waals surface area contributed by atoms with Crippen molar-refractivity contribution in [1.82, 2.24) is 0 Å². The van der Waals surface area contributed by atoms with E-state index in [1.807, 2.05) is 66.0 Å². The minimum atomic E-state index is -1.03. The Labute approximate surface area is 260 Å². The average Bonchev–Trinajstić information content (AvgIpc) is 3.57. The zero-order valence-corrected chi connectivity index (χ0v) is 24.8. The van der Waals surface area contributed by atoms with Crippen molar-refractivity contribution in [1.29, 1.82) is 0 Å². The van der Waals surface area contributed by atoms with Gasteiger partial charge in [0.05, 0.1) is 13.0 Å². The first-order valence-corrected chi connectivity index (χ1v) is 15.1. The molecule has 0 saturated heterocycles. The molecule has 8 heteroatoms. The highest BCUT2D eigenvalue weighted by Gasteiger charge is 2.22. The van der Waals surface area contributed by atoms with Crippen LogP contribution in [0.1, 0.15) is 26.4 Å². The summed E-state index contributed by atoms with van der Waals surface area (Å²) in [5.74, 6) is -0.596. The van der Waals surface area contributed by atoms with E-state index in [4.69, 9.17) is 4.74 Å². The first-order chi connectivity index (χ1) is 21.5. The predicted molar refractivity (Wildman–Crippen MR) is 174 cm³/mol. The number of anilines is 2. The van der Waals surface area contributed by atoms with Gasteiger partial charge in [-0.1, -0.05) is 78.9 Å². The smallest absolute Gasteiger partial charge is 0.326 e. The van der Waals surface area contributed by atoms with E-state index in [0.717, 1.165) is 16.1 Å². The van der Waals surface area contributed by atoms with Crippen LogP contribution < -0.4 is 15.0 Å². The molecule has 0 spiro atoms. The topological polar surface area (TPSA) is 95.9 Å². The van der Waals surface area contributed by atoms with Gasteiger partial charge in [-0.3, -0.25) is 9.59 Å². The van der Waals surface area contributed by atoms with Crippen LogP contribution >= 0.6 is 11.3 Å². The quantitative estimate of drug-likeness (QED) is 0.136. The summed E-state index contributed by atoms with van der Waals surface area (Å²) in [6.07, 6.45) is 0.521. The van der Waals surface area contributed by atoms with Crippen molar-refractivity contribution in [2.45, 2.75) is 18.9 Å².